The Morgan fingerprint density at radius 2 is 1.71 bits per heavy atom. The van der Waals surface area contributed by atoms with Crippen LogP contribution in [0.1, 0.15) is 17.2 Å². The Hall–Kier alpha value is -3.08. The highest BCUT2D eigenvalue weighted by atomic mass is 15.2. The summed E-state index contributed by atoms with van der Waals surface area (Å²) >= 11 is 0. The first kappa shape index (κ1) is 14.5. The van der Waals surface area contributed by atoms with Gasteiger partial charge in [0.2, 0.25) is 0 Å². The SMILES string of the molecule is c1ccc(CNc2ncnc3c2NCC(c2ccccc2)N3)cc1. The second kappa shape index (κ2) is 6.58. The molecule has 2 aromatic carbocycles. The number of hydrogen-bond donors (Lipinski definition) is 3. The largest absolute Gasteiger partial charge is 0.377 e. The maximum Gasteiger partial charge on any atom is 0.155 e. The van der Waals surface area contributed by atoms with Crippen LogP contribution in [0.2, 0.25) is 0 Å². The van der Waals surface area contributed by atoms with E-state index in [2.05, 4.69) is 62.3 Å². The summed E-state index contributed by atoms with van der Waals surface area (Å²) in [7, 11) is 0. The molecule has 24 heavy (non-hydrogen) atoms. The normalized spacial score (nSPS) is 15.8. The third-order valence-corrected chi connectivity index (χ3v) is 4.15. The Balaban J connectivity index is 1.51. The molecule has 1 aliphatic rings. The standard InChI is InChI=1S/C19H19N5/c1-3-7-14(8-4-1)11-21-18-17-19(23-13-22-18)24-16(12-20-17)15-9-5-2-6-10-15/h1-10,13,16,20H,11-12H2,(H2,21,22,23,24). The lowest BCUT2D eigenvalue weighted by molar-refractivity contribution is 0.791. The van der Waals surface area contributed by atoms with Crippen molar-refractivity contribution in [2.75, 3.05) is 22.5 Å². The van der Waals surface area contributed by atoms with Crippen LogP contribution in [0.4, 0.5) is 17.3 Å². The predicted octanol–water partition coefficient (Wildman–Crippen LogP) is 3.67. The molecule has 120 valence electrons. The highest BCUT2D eigenvalue weighted by Gasteiger charge is 2.22. The van der Waals surface area contributed by atoms with Crippen LogP contribution in [-0.4, -0.2) is 16.5 Å². The zero-order valence-electron chi connectivity index (χ0n) is 13.2. The van der Waals surface area contributed by atoms with Crippen LogP contribution in [0.3, 0.4) is 0 Å². The van der Waals surface area contributed by atoms with E-state index in [1.54, 1.807) is 6.33 Å². The zero-order chi connectivity index (χ0) is 16.2. The summed E-state index contributed by atoms with van der Waals surface area (Å²) in [6.07, 6.45) is 1.59. The van der Waals surface area contributed by atoms with Gasteiger partial charge < -0.3 is 16.0 Å². The van der Waals surface area contributed by atoms with E-state index < -0.39 is 0 Å². The van der Waals surface area contributed by atoms with E-state index in [1.807, 2.05) is 24.3 Å². The predicted molar refractivity (Wildman–Crippen MR) is 97.1 cm³/mol. The van der Waals surface area contributed by atoms with Gasteiger partial charge in [-0.05, 0) is 11.1 Å². The van der Waals surface area contributed by atoms with Crippen LogP contribution in [0.25, 0.3) is 0 Å². The first-order chi connectivity index (χ1) is 11.9. The van der Waals surface area contributed by atoms with Gasteiger partial charge in [0.25, 0.3) is 0 Å². The molecule has 0 bridgehead atoms. The lowest BCUT2D eigenvalue weighted by Crippen LogP contribution is -2.27. The van der Waals surface area contributed by atoms with Gasteiger partial charge in [0.05, 0.1) is 6.04 Å². The maximum absolute atomic E-state index is 4.39. The molecule has 1 atom stereocenters. The van der Waals surface area contributed by atoms with Crippen LogP contribution in [0.5, 0.6) is 0 Å². The summed E-state index contributed by atoms with van der Waals surface area (Å²) in [5.74, 6) is 1.66. The Morgan fingerprint density at radius 3 is 2.50 bits per heavy atom. The Bertz CT molecular complexity index is 790. The van der Waals surface area contributed by atoms with Crippen molar-refractivity contribution >= 4 is 17.3 Å². The minimum absolute atomic E-state index is 0.204. The number of rotatable bonds is 4. The van der Waals surface area contributed by atoms with Gasteiger partial charge in [-0.3, -0.25) is 0 Å². The van der Waals surface area contributed by atoms with Gasteiger partial charge in [0, 0.05) is 13.1 Å². The van der Waals surface area contributed by atoms with Crippen LogP contribution in [0, 0.1) is 0 Å². The average molecular weight is 317 g/mol. The molecule has 2 heterocycles. The Labute approximate surface area is 141 Å². The molecule has 0 spiro atoms. The maximum atomic E-state index is 4.39. The minimum Gasteiger partial charge on any atom is -0.377 e. The van der Waals surface area contributed by atoms with E-state index in [-0.39, 0.29) is 6.04 Å². The van der Waals surface area contributed by atoms with Crippen molar-refractivity contribution in [3.8, 4) is 0 Å². The molecule has 0 saturated heterocycles. The third kappa shape index (κ3) is 3.01. The number of hydrogen-bond acceptors (Lipinski definition) is 5. The van der Waals surface area contributed by atoms with E-state index in [0.717, 1.165) is 30.4 Å². The summed E-state index contributed by atoms with van der Waals surface area (Å²) in [5.41, 5.74) is 3.39. The monoisotopic (exact) mass is 317 g/mol. The Morgan fingerprint density at radius 1 is 0.958 bits per heavy atom. The van der Waals surface area contributed by atoms with Crippen molar-refractivity contribution in [1.82, 2.24) is 9.97 Å². The molecule has 1 unspecified atom stereocenters. The fourth-order valence-electron chi connectivity index (χ4n) is 2.88. The number of benzene rings is 2. The smallest absolute Gasteiger partial charge is 0.155 e. The van der Waals surface area contributed by atoms with E-state index in [9.17, 15) is 0 Å². The van der Waals surface area contributed by atoms with Gasteiger partial charge in [-0.25, -0.2) is 9.97 Å². The van der Waals surface area contributed by atoms with E-state index in [1.165, 1.54) is 11.1 Å². The molecule has 3 N–H and O–H groups in total. The van der Waals surface area contributed by atoms with Crippen molar-refractivity contribution in [3.63, 3.8) is 0 Å². The molecule has 4 rings (SSSR count). The van der Waals surface area contributed by atoms with Gasteiger partial charge in [0.15, 0.2) is 11.6 Å². The summed E-state index contributed by atoms with van der Waals surface area (Å²) in [5, 5.41) is 10.4. The molecule has 0 amide bonds. The zero-order valence-corrected chi connectivity index (χ0v) is 13.2. The highest BCUT2D eigenvalue weighted by Crippen LogP contribution is 2.34. The van der Waals surface area contributed by atoms with Crippen LogP contribution < -0.4 is 16.0 Å². The quantitative estimate of drug-likeness (QED) is 0.685. The minimum atomic E-state index is 0.204. The molecule has 1 aromatic heterocycles. The fourth-order valence-corrected chi connectivity index (χ4v) is 2.88. The van der Waals surface area contributed by atoms with Crippen molar-refractivity contribution in [1.29, 1.82) is 0 Å². The number of nitrogens with zero attached hydrogens (tertiary/aromatic N) is 2. The van der Waals surface area contributed by atoms with Crippen LogP contribution in [0.15, 0.2) is 67.0 Å². The molecule has 1 aliphatic heterocycles. The fraction of sp³-hybridized carbons (Fsp3) is 0.158. The molecular weight excluding hydrogens is 298 g/mol. The van der Waals surface area contributed by atoms with Gasteiger partial charge in [-0.15, -0.1) is 0 Å². The van der Waals surface area contributed by atoms with Crippen molar-refractivity contribution in [2.45, 2.75) is 12.6 Å². The first-order valence-corrected chi connectivity index (χ1v) is 8.08. The van der Waals surface area contributed by atoms with E-state index in [4.69, 9.17) is 0 Å². The summed E-state index contributed by atoms with van der Waals surface area (Å²) in [6, 6.07) is 20.9. The summed E-state index contributed by atoms with van der Waals surface area (Å²) < 4.78 is 0. The summed E-state index contributed by atoms with van der Waals surface area (Å²) in [4.78, 5) is 8.77. The second-order valence-electron chi connectivity index (χ2n) is 5.77. The first-order valence-electron chi connectivity index (χ1n) is 8.08. The van der Waals surface area contributed by atoms with Gasteiger partial charge in [-0.1, -0.05) is 60.7 Å². The van der Waals surface area contributed by atoms with Crippen molar-refractivity contribution < 1.29 is 0 Å². The number of anilines is 3. The van der Waals surface area contributed by atoms with Crippen molar-refractivity contribution in [2.24, 2.45) is 0 Å². The lowest BCUT2D eigenvalue weighted by atomic mass is 10.1. The number of aromatic nitrogens is 2. The van der Waals surface area contributed by atoms with Crippen LogP contribution >= 0.6 is 0 Å². The van der Waals surface area contributed by atoms with E-state index >= 15 is 0 Å². The molecule has 0 fully saturated rings. The molecule has 5 heteroatoms. The molecule has 0 aliphatic carbocycles. The average Bonchev–Trinajstić information content (AvgIpc) is 2.67. The second-order valence-corrected chi connectivity index (χ2v) is 5.77. The van der Waals surface area contributed by atoms with Gasteiger partial charge in [-0.2, -0.15) is 0 Å². The third-order valence-electron chi connectivity index (χ3n) is 4.15. The van der Waals surface area contributed by atoms with E-state index in [0.29, 0.717) is 0 Å². The molecule has 0 saturated carbocycles. The number of fused-ring (bicyclic) bond motifs is 1. The lowest BCUT2D eigenvalue weighted by Gasteiger charge is -2.28. The van der Waals surface area contributed by atoms with Gasteiger partial charge >= 0.3 is 0 Å². The van der Waals surface area contributed by atoms with Crippen LogP contribution in [-0.2, 0) is 6.54 Å². The molecule has 0 radical (unpaired) electrons. The molecule has 3 aromatic rings. The Kier molecular flexibility index (Phi) is 3.98. The number of nitrogens with one attached hydrogen (secondary N) is 3. The van der Waals surface area contributed by atoms with Gasteiger partial charge in [0.1, 0.15) is 12.0 Å². The summed E-state index contributed by atoms with van der Waals surface area (Å²) in [6.45, 7) is 1.53. The topological polar surface area (TPSA) is 61.9 Å². The van der Waals surface area contributed by atoms with Crippen molar-refractivity contribution in [3.05, 3.63) is 78.1 Å². The molecular formula is C19H19N5. The molecule has 5 nitrogen and oxygen atoms in total. The highest BCUT2D eigenvalue weighted by molar-refractivity contribution is 5.78.